The molecule has 0 saturated heterocycles. The Kier molecular flexibility index (Phi) is 7.09. The van der Waals surface area contributed by atoms with E-state index in [-0.39, 0.29) is 12.0 Å². The SMILES string of the molecule is CSc1ccc(C(=O)Nc2cccc(C(C)Oc3cc(-c4cnn(C)c4)cnc3N)c2)cc1Cl. The quantitative estimate of drug-likeness (QED) is 0.314. The lowest BCUT2D eigenvalue weighted by atomic mass is 10.1. The van der Waals surface area contributed by atoms with Gasteiger partial charge in [-0.15, -0.1) is 11.8 Å². The van der Waals surface area contributed by atoms with Gasteiger partial charge >= 0.3 is 0 Å². The van der Waals surface area contributed by atoms with Gasteiger partial charge in [0.1, 0.15) is 6.10 Å². The molecule has 0 bridgehead atoms. The highest BCUT2D eigenvalue weighted by Gasteiger charge is 2.14. The standard InChI is InChI=1S/C25H24ClN5O2S/c1-15(33-22-11-18(12-28-24(22)27)19-13-29-31(2)14-19)16-5-4-6-20(9-16)30-25(32)17-7-8-23(34-3)21(26)10-17/h4-15H,1-3H3,(H2,27,28)(H,30,32). The van der Waals surface area contributed by atoms with Crippen LogP contribution in [0.1, 0.15) is 28.9 Å². The van der Waals surface area contributed by atoms with Crippen LogP contribution in [0.25, 0.3) is 11.1 Å². The van der Waals surface area contributed by atoms with Crippen molar-refractivity contribution in [2.75, 3.05) is 17.3 Å². The van der Waals surface area contributed by atoms with Crippen molar-refractivity contribution >= 4 is 40.8 Å². The molecule has 2 aromatic carbocycles. The summed E-state index contributed by atoms with van der Waals surface area (Å²) < 4.78 is 7.86. The maximum atomic E-state index is 12.7. The second-order valence-corrected chi connectivity index (χ2v) is 8.95. The second-order valence-electron chi connectivity index (χ2n) is 7.70. The number of aromatic nitrogens is 3. The minimum Gasteiger partial charge on any atom is -0.482 e. The molecule has 0 saturated carbocycles. The maximum absolute atomic E-state index is 12.7. The van der Waals surface area contributed by atoms with Crippen molar-refractivity contribution in [1.29, 1.82) is 0 Å². The number of nitrogens with two attached hydrogens (primary N) is 1. The first-order valence-corrected chi connectivity index (χ1v) is 12.1. The molecule has 0 aliphatic rings. The molecule has 7 nitrogen and oxygen atoms in total. The molecule has 4 aromatic rings. The van der Waals surface area contributed by atoms with Crippen molar-refractivity contribution in [2.24, 2.45) is 7.05 Å². The zero-order valence-electron chi connectivity index (χ0n) is 18.9. The van der Waals surface area contributed by atoms with Crippen LogP contribution in [-0.2, 0) is 7.05 Å². The number of halogens is 1. The number of pyridine rings is 1. The molecule has 2 heterocycles. The molecule has 4 rings (SSSR count). The van der Waals surface area contributed by atoms with Gasteiger partial charge in [0, 0.05) is 46.7 Å². The summed E-state index contributed by atoms with van der Waals surface area (Å²) in [4.78, 5) is 17.9. The molecule has 0 aliphatic carbocycles. The third kappa shape index (κ3) is 5.35. The summed E-state index contributed by atoms with van der Waals surface area (Å²) in [6, 6.07) is 14.6. The second kappa shape index (κ2) is 10.2. The molecule has 3 N–H and O–H groups in total. The van der Waals surface area contributed by atoms with Gasteiger partial charge in [-0.3, -0.25) is 9.48 Å². The van der Waals surface area contributed by atoms with E-state index in [9.17, 15) is 4.79 Å². The van der Waals surface area contributed by atoms with Gasteiger partial charge in [0.05, 0.1) is 11.2 Å². The van der Waals surface area contributed by atoms with Gasteiger partial charge in [-0.05, 0) is 55.1 Å². The number of aryl methyl sites for hydroxylation is 1. The summed E-state index contributed by atoms with van der Waals surface area (Å²) >= 11 is 7.78. The van der Waals surface area contributed by atoms with E-state index in [0.29, 0.717) is 27.8 Å². The summed E-state index contributed by atoms with van der Waals surface area (Å²) in [6.45, 7) is 1.91. The highest BCUT2D eigenvalue weighted by Crippen LogP contribution is 2.31. The highest BCUT2D eigenvalue weighted by molar-refractivity contribution is 7.98. The lowest BCUT2D eigenvalue weighted by Gasteiger charge is -2.18. The van der Waals surface area contributed by atoms with Crippen molar-refractivity contribution in [1.82, 2.24) is 14.8 Å². The fourth-order valence-corrected chi connectivity index (χ4v) is 4.29. The van der Waals surface area contributed by atoms with Gasteiger partial charge < -0.3 is 15.8 Å². The molecule has 0 radical (unpaired) electrons. The first-order valence-electron chi connectivity index (χ1n) is 10.5. The monoisotopic (exact) mass is 493 g/mol. The van der Waals surface area contributed by atoms with E-state index in [1.54, 1.807) is 29.2 Å². The first-order chi connectivity index (χ1) is 16.3. The van der Waals surface area contributed by atoms with Crippen molar-refractivity contribution in [3.8, 4) is 16.9 Å². The minimum absolute atomic E-state index is 0.238. The number of nitrogens with zero attached hydrogens (tertiary/aromatic N) is 3. The molecule has 0 spiro atoms. The van der Waals surface area contributed by atoms with Gasteiger partial charge in [0.25, 0.3) is 5.91 Å². The van der Waals surface area contributed by atoms with Crippen LogP contribution in [0.15, 0.2) is 72.0 Å². The lowest BCUT2D eigenvalue weighted by molar-refractivity contribution is 0.102. The molecule has 0 fully saturated rings. The highest BCUT2D eigenvalue weighted by atomic mass is 35.5. The topological polar surface area (TPSA) is 95.1 Å². The Bertz CT molecular complexity index is 1340. The van der Waals surface area contributed by atoms with E-state index in [1.807, 2.05) is 62.8 Å². The number of rotatable bonds is 7. The van der Waals surface area contributed by atoms with Gasteiger partial charge in [-0.2, -0.15) is 5.10 Å². The molecule has 34 heavy (non-hydrogen) atoms. The number of hydrogen-bond donors (Lipinski definition) is 2. The number of carbonyl (C=O) groups excluding carboxylic acids is 1. The van der Waals surface area contributed by atoms with Crippen molar-refractivity contribution < 1.29 is 9.53 Å². The van der Waals surface area contributed by atoms with Crippen LogP contribution >= 0.6 is 23.4 Å². The number of benzene rings is 2. The predicted octanol–water partition coefficient (Wildman–Crippen LogP) is 5.83. The Morgan fingerprint density at radius 1 is 1.18 bits per heavy atom. The number of anilines is 2. The molecule has 1 atom stereocenters. The number of thioether (sulfide) groups is 1. The maximum Gasteiger partial charge on any atom is 0.255 e. The van der Waals surface area contributed by atoms with E-state index in [2.05, 4.69) is 15.4 Å². The number of carbonyl (C=O) groups is 1. The molecule has 0 aliphatic heterocycles. The summed E-state index contributed by atoms with van der Waals surface area (Å²) in [5.41, 5.74) is 9.86. The Morgan fingerprint density at radius 3 is 2.71 bits per heavy atom. The van der Waals surface area contributed by atoms with Crippen molar-refractivity contribution in [3.63, 3.8) is 0 Å². The molecule has 2 aromatic heterocycles. The summed E-state index contributed by atoms with van der Waals surface area (Å²) in [7, 11) is 1.85. The normalized spacial score (nSPS) is 11.8. The van der Waals surface area contributed by atoms with E-state index in [1.165, 1.54) is 11.8 Å². The van der Waals surface area contributed by atoms with E-state index >= 15 is 0 Å². The fourth-order valence-electron chi connectivity index (χ4n) is 3.42. The number of nitrogen functional groups attached to an aromatic ring is 1. The predicted molar refractivity (Wildman–Crippen MR) is 138 cm³/mol. The Hall–Kier alpha value is -3.49. The van der Waals surface area contributed by atoms with Crippen molar-refractivity contribution in [2.45, 2.75) is 17.9 Å². The third-order valence-corrected chi connectivity index (χ3v) is 6.47. The summed E-state index contributed by atoms with van der Waals surface area (Å²) in [6.07, 6.45) is 6.95. The minimum atomic E-state index is -0.333. The third-order valence-electron chi connectivity index (χ3n) is 5.25. The van der Waals surface area contributed by atoms with Gasteiger partial charge in [-0.25, -0.2) is 4.98 Å². The summed E-state index contributed by atoms with van der Waals surface area (Å²) in [5.74, 6) is 0.541. The zero-order valence-corrected chi connectivity index (χ0v) is 20.5. The van der Waals surface area contributed by atoms with E-state index in [0.717, 1.165) is 21.6 Å². The van der Waals surface area contributed by atoms with Gasteiger partial charge in [-0.1, -0.05) is 23.7 Å². The van der Waals surface area contributed by atoms with Crippen LogP contribution in [0.4, 0.5) is 11.5 Å². The number of ether oxygens (including phenoxy) is 1. The van der Waals surface area contributed by atoms with Gasteiger partial charge in [0.2, 0.25) is 0 Å². The molecular formula is C25H24ClN5O2S. The van der Waals surface area contributed by atoms with Crippen LogP contribution in [0.2, 0.25) is 5.02 Å². The van der Waals surface area contributed by atoms with Crippen LogP contribution < -0.4 is 15.8 Å². The van der Waals surface area contributed by atoms with Crippen LogP contribution in [0, 0.1) is 0 Å². The lowest BCUT2D eigenvalue weighted by Crippen LogP contribution is -2.12. The van der Waals surface area contributed by atoms with E-state index in [4.69, 9.17) is 22.1 Å². The van der Waals surface area contributed by atoms with Crippen LogP contribution in [0.5, 0.6) is 5.75 Å². The van der Waals surface area contributed by atoms with Crippen LogP contribution in [-0.4, -0.2) is 26.9 Å². The Balaban J connectivity index is 1.49. The van der Waals surface area contributed by atoms with Crippen molar-refractivity contribution in [3.05, 3.63) is 83.3 Å². The average molecular weight is 494 g/mol. The molecule has 174 valence electrons. The number of amides is 1. The smallest absolute Gasteiger partial charge is 0.255 e. The Morgan fingerprint density at radius 2 is 2.00 bits per heavy atom. The Labute approximate surface area is 207 Å². The fraction of sp³-hybridized carbons (Fsp3) is 0.160. The number of nitrogens with one attached hydrogen (secondary N) is 1. The molecule has 1 amide bonds. The first kappa shape index (κ1) is 23.7. The van der Waals surface area contributed by atoms with Gasteiger partial charge in [0.15, 0.2) is 11.6 Å². The molecule has 1 unspecified atom stereocenters. The summed E-state index contributed by atoms with van der Waals surface area (Å²) in [5, 5.41) is 7.67. The van der Waals surface area contributed by atoms with Crippen LogP contribution in [0.3, 0.4) is 0 Å². The average Bonchev–Trinajstić information content (AvgIpc) is 3.26. The van der Waals surface area contributed by atoms with E-state index < -0.39 is 0 Å². The zero-order chi connectivity index (χ0) is 24.2. The molecular weight excluding hydrogens is 470 g/mol. The molecule has 9 heteroatoms. The largest absolute Gasteiger partial charge is 0.482 e. The number of hydrogen-bond acceptors (Lipinski definition) is 6.